The fraction of sp³-hybridized carbons (Fsp3) is 0.125. The predicted molar refractivity (Wildman–Crippen MR) is 88.1 cm³/mol. The van der Waals surface area contributed by atoms with E-state index in [1.54, 1.807) is 48.8 Å². The Kier molecular flexibility index (Phi) is 3.87. The SMILES string of the molecule is Cc1ccc(S(=O)(=O)Nc2cccc(C)c2-n2nccn2)cc1. The molecule has 0 atom stereocenters. The molecule has 1 aromatic heterocycles. The predicted octanol–water partition coefficient (Wildman–Crippen LogP) is 2.68. The van der Waals surface area contributed by atoms with Gasteiger partial charge in [0.2, 0.25) is 0 Å². The highest BCUT2D eigenvalue weighted by molar-refractivity contribution is 7.92. The fourth-order valence-electron chi connectivity index (χ4n) is 2.26. The number of nitrogens with zero attached hydrogens (tertiary/aromatic N) is 3. The van der Waals surface area contributed by atoms with Crippen molar-refractivity contribution in [3.8, 4) is 5.69 Å². The summed E-state index contributed by atoms with van der Waals surface area (Å²) in [7, 11) is -3.68. The minimum Gasteiger partial charge on any atom is -0.277 e. The first-order valence-electron chi connectivity index (χ1n) is 7.03. The van der Waals surface area contributed by atoms with Gasteiger partial charge in [0.1, 0.15) is 5.69 Å². The summed E-state index contributed by atoms with van der Waals surface area (Å²) in [6, 6.07) is 12.1. The Bertz CT molecular complexity index is 917. The molecule has 0 amide bonds. The molecule has 0 aliphatic rings. The molecule has 0 saturated carbocycles. The summed E-state index contributed by atoms with van der Waals surface area (Å²) in [6.45, 7) is 3.79. The molecule has 1 N–H and O–H groups in total. The van der Waals surface area contributed by atoms with Crippen molar-refractivity contribution < 1.29 is 8.42 Å². The number of aryl methyl sites for hydroxylation is 2. The van der Waals surface area contributed by atoms with Crippen LogP contribution in [0.2, 0.25) is 0 Å². The first kappa shape index (κ1) is 15.2. The Balaban J connectivity index is 2.04. The van der Waals surface area contributed by atoms with Gasteiger partial charge in [0, 0.05) is 0 Å². The summed E-state index contributed by atoms with van der Waals surface area (Å²) in [6.07, 6.45) is 3.09. The lowest BCUT2D eigenvalue weighted by Crippen LogP contribution is -2.16. The van der Waals surface area contributed by atoms with E-state index in [9.17, 15) is 8.42 Å². The van der Waals surface area contributed by atoms with Gasteiger partial charge in [-0.15, -0.1) is 4.80 Å². The molecule has 0 saturated heterocycles. The van der Waals surface area contributed by atoms with Gasteiger partial charge in [-0.3, -0.25) is 4.72 Å². The maximum absolute atomic E-state index is 12.6. The minimum atomic E-state index is -3.68. The van der Waals surface area contributed by atoms with E-state index < -0.39 is 10.0 Å². The van der Waals surface area contributed by atoms with Crippen LogP contribution in [0.15, 0.2) is 59.8 Å². The topological polar surface area (TPSA) is 76.9 Å². The second-order valence-electron chi connectivity index (χ2n) is 5.21. The molecule has 3 rings (SSSR count). The molecule has 2 aromatic carbocycles. The quantitative estimate of drug-likeness (QED) is 0.799. The lowest BCUT2D eigenvalue weighted by Gasteiger charge is -2.14. The van der Waals surface area contributed by atoms with Gasteiger partial charge in [0.05, 0.1) is 23.0 Å². The summed E-state index contributed by atoms with van der Waals surface area (Å²) in [4.78, 5) is 1.62. The smallest absolute Gasteiger partial charge is 0.261 e. The lowest BCUT2D eigenvalue weighted by atomic mass is 10.2. The Morgan fingerprint density at radius 1 is 0.957 bits per heavy atom. The van der Waals surface area contributed by atoms with Gasteiger partial charge in [0.15, 0.2) is 0 Å². The number of anilines is 1. The van der Waals surface area contributed by atoms with Crippen LogP contribution in [0, 0.1) is 13.8 Å². The molecule has 3 aromatic rings. The molecule has 0 fully saturated rings. The first-order chi connectivity index (χ1) is 11.0. The Morgan fingerprint density at radius 2 is 1.61 bits per heavy atom. The van der Waals surface area contributed by atoms with E-state index in [1.807, 2.05) is 19.9 Å². The van der Waals surface area contributed by atoms with E-state index in [0.717, 1.165) is 11.1 Å². The molecule has 0 aliphatic heterocycles. The maximum Gasteiger partial charge on any atom is 0.261 e. The molecule has 0 radical (unpaired) electrons. The largest absolute Gasteiger partial charge is 0.277 e. The molecule has 0 bridgehead atoms. The van der Waals surface area contributed by atoms with Crippen molar-refractivity contribution in [3.63, 3.8) is 0 Å². The van der Waals surface area contributed by atoms with Crippen LogP contribution in [-0.4, -0.2) is 23.4 Å². The number of hydrogen-bond donors (Lipinski definition) is 1. The summed E-state index contributed by atoms with van der Waals surface area (Å²) in [5.74, 6) is 0. The number of aromatic nitrogens is 3. The van der Waals surface area contributed by atoms with E-state index in [1.165, 1.54) is 4.80 Å². The number of rotatable bonds is 4. The van der Waals surface area contributed by atoms with Gasteiger partial charge in [-0.2, -0.15) is 10.2 Å². The van der Waals surface area contributed by atoms with Crippen molar-refractivity contribution in [2.24, 2.45) is 0 Å². The fourth-order valence-corrected chi connectivity index (χ4v) is 3.33. The summed E-state index contributed by atoms with van der Waals surface area (Å²) in [5.41, 5.74) is 2.90. The number of nitrogens with one attached hydrogen (secondary N) is 1. The number of sulfonamides is 1. The van der Waals surface area contributed by atoms with Crippen molar-refractivity contribution in [1.29, 1.82) is 0 Å². The van der Waals surface area contributed by atoms with E-state index in [-0.39, 0.29) is 4.90 Å². The van der Waals surface area contributed by atoms with Crippen molar-refractivity contribution >= 4 is 15.7 Å². The molecule has 7 heteroatoms. The zero-order chi connectivity index (χ0) is 16.4. The van der Waals surface area contributed by atoms with Crippen LogP contribution in [0.5, 0.6) is 0 Å². The van der Waals surface area contributed by atoms with Crippen molar-refractivity contribution in [1.82, 2.24) is 15.0 Å². The third kappa shape index (κ3) is 3.09. The highest BCUT2D eigenvalue weighted by Gasteiger charge is 2.18. The van der Waals surface area contributed by atoms with Crippen molar-refractivity contribution in [2.45, 2.75) is 18.7 Å². The van der Waals surface area contributed by atoms with Crippen LogP contribution in [0.4, 0.5) is 5.69 Å². The third-order valence-corrected chi connectivity index (χ3v) is 4.81. The van der Waals surface area contributed by atoms with Crippen molar-refractivity contribution in [2.75, 3.05) is 4.72 Å². The first-order valence-corrected chi connectivity index (χ1v) is 8.51. The maximum atomic E-state index is 12.6. The zero-order valence-electron chi connectivity index (χ0n) is 12.8. The van der Waals surface area contributed by atoms with Gasteiger partial charge >= 0.3 is 0 Å². The molecule has 0 spiro atoms. The lowest BCUT2D eigenvalue weighted by molar-refractivity contribution is 0.601. The highest BCUT2D eigenvalue weighted by atomic mass is 32.2. The average Bonchev–Trinajstić information content (AvgIpc) is 3.01. The van der Waals surface area contributed by atoms with E-state index >= 15 is 0 Å². The van der Waals surface area contributed by atoms with Gasteiger partial charge in [-0.1, -0.05) is 29.8 Å². The molecular weight excluding hydrogens is 312 g/mol. The molecule has 0 aliphatic carbocycles. The van der Waals surface area contributed by atoms with E-state index in [4.69, 9.17) is 0 Å². The minimum absolute atomic E-state index is 0.212. The van der Waals surface area contributed by atoms with Gasteiger partial charge in [-0.25, -0.2) is 8.42 Å². The van der Waals surface area contributed by atoms with E-state index in [0.29, 0.717) is 11.4 Å². The van der Waals surface area contributed by atoms with Crippen LogP contribution in [0.3, 0.4) is 0 Å². The number of para-hydroxylation sites is 1. The Hall–Kier alpha value is -2.67. The monoisotopic (exact) mass is 328 g/mol. The Morgan fingerprint density at radius 3 is 2.26 bits per heavy atom. The molecular formula is C16H16N4O2S. The second-order valence-corrected chi connectivity index (χ2v) is 6.89. The number of benzene rings is 2. The van der Waals surface area contributed by atoms with Crippen LogP contribution in [0.25, 0.3) is 5.69 Å². The van der Waals surface area contributed by atoms with E-state index in [2.05, 4.69) is 14.9 Å². The normalized spacial score (nSPS) is 11.4. The third-order valence-electron chi connectivity index (χ3n) is 3.43. The summed E-state index contributed by atoms with van der Waals surface area (Å²) < 4.78 is 27.8. The van der Waals surface area contributed by atoms with Crippen LogP contribution < -0.4 is 4.72 Å². The second kappa shape index (κ2) is 5.85. The zero-order valence-corrected chi connectivity index (χ0v) is 13.6. The highest BCUT2D eigenvalue weighted by Crippen LogP contribution is 2.25. The summed E-state index contributed by atoms with van der Waals surface area (Å²) in [5, 5.41) is 8.19. The van der Waals surface area contributed by atoms with Gasteiger partial charge < -0.3 is 0 Å². The van der Waals surface area contributed by atoms with Crippen molar-refractivity contribution in [3.05, 3.63) is 66.0 Å². The van der Waals surface area contributed by atoms with Crippen LogP contribution in [0.1, 0.15) is 11.1 Å². The van der Waals surface area contributed by atoms with Crippen LogP contribution >= 0.6 is 0 Å². The molecule has 1 heterocycles. The number of hydrogen-bond acceptors (Lipinski definition) is 4. The molecule has 118 valence electrons. The standard InChI is InChI=1S/C16H16N4O2S/c1-12-6-8-14(9-7-12)23(21,22)19-15-5-3-4-13(2)16(15)20-17-10-11-18-20/h3-11,19H,1-2H3. The van der Waals surface area contributed by atoms with Crippen LogP contribution in [-0.2, 0) is 10.0 Å². The molecule has 6 nitrogen and oxygen atoms in total. The van der Waals surface area contributed by atoms with Gasteiger partial charge in [-0.05, 0) is 37.6 Å². The Labute approximate surface area is 134 Å². The summed E-state index contributed by atoms with van der Waals surface area (Å²) >= 11 is 0. The van der Waals surface area contributed by atoms with Gasteiger partial charge in [0.25, 0.3) is 10.0 Å². The average molecular weight is 328 g/mol. The molecule has 23 heavy (non-hydrogen) atoms. The molecule has 0 unspecified atom stereocenters.